The second-order valence-electron chi connectivity index (χ2n) is 4.01. The first-order valence-corrected chi connectivity index (χ1v) is 5.92. The van der Waals surface area contributed by atoms with Gasteiger partial charge in [0.2, 0.25) is 0 Å². The molecule has 0 aliphatic carbocycles. The highest BCUT2D eigenvalue weighted by Gasteiger charge is 2.30. The normalized spacial score (nSPS) is 10.9. The topological polar surface area (TPSA) is 35.8 Å². The fourth-order valence-corrected chi connectivity index (χ4v) is 1.84. The molecule has 0 atom stereocenters. The minimum atomic E-state index is -4.43. The van der Waals surface area contributed by atoms with Gasteiger partial charge in [-0.1, -0.05) is 17.7 Å². The van der Waals surface area contributed by atoms with E-state index in [1.165, 1.54) is 6.07 Å². The van der Waals surface area contributed by atoms with Crippen LogP contribution >= 0.6 is 11.6 Å². The number of alkyl halides is 3. The molecule has 0 unspecified atom stereocenters. The van der Waals surface area contributed by atoms with Crippen LogP contribution in [0.5, 0.6) is 0 Å². The van der Waals surface area contributed by atoms with Crippen LogP contribution in [-0.2, 0) is 6.18 Å². The lowest BCUT2D eigenvalue weighted by Gasteiger charge is -2.12. The van der Waals surface area contributed by atoms with Crippen molar-refractivity contribution in [3.05, 3.63) is 58.6 Å². The van der Waals surface area contributed by atoms with Gasteiger partial charge in [-0.05, 0) is 36.4 Å². The van der Waals surface area contributed by atoms with Crippen LogP contribution in [0.3, 0.4) is 0 Å². The molecule has 0 heterocycles. The van der Waals surface area contributed by atoms with Gasteiger partial charge in [-0.3, -0.25) is 0 Å². The molecular weight excluding hydrogens is 289 g/mol. The largest absolute Gasteiger partial charge is 0.416 e. The highest BCUT2D eigenvalue weighted by atomic mass is 35.5. The molecule has 0 aromatic heterocycles. The first-order chi connectivity index (χ1) is 9.40. The van der Waals surface area contributed by atoms with E-state index in [2.05, 4.69) is 5.32 Å². The molecule has 0 aliphatic rings. The van der Waals surface area contributed by atoms with Crippen molar-refractivity contribution in [1.82, 2.24) is 0 Å². The number of hydrogen-bond donors (Lipinski definition) is 1. The minimum Gasteiger partial charge on any atom is -0.354 e. The van der Waals surface area contributed by atoms with Crippen molar-refractivity contribution in [2.75, 3.05) is 5.32 Å². The maximum Gasteiger partial charge on any atom is 0.416 e. The lowest BCUT2D eigenvalue weighted by atomic mass is 10.1. The Morgan fingerprint density at radius 2 is 1.85 bits per heavy atom. The van der Waals surface area contributed by atoms with Crippen molar-refractivity contribution in [1.29, 1.82) is 5.26 Å². The first kappa shape index (κ1) is 14.2. The molecular formula is C14H8ClF3N2. The van der Waals surface area contributed by atoms with Crippen molar-refractivity contribution < 1.29 is 13.2 Å². The van der Waals surface area contributed by atoms with E-state index >= 15 is 0 Å². The number of hydrogen-bond acceptors (Lipinski definition) is 2. The van der Waals surface area contributed by atoms with E-state index in [9.17, 15) is 13.2 Å². The summed E-state index contributed by atoms with van der Waals surface area (Å²) in [4.78, 5) is 0. The van der Waals surface area contributed by atoms with E-state index in [-0.39, 0.29) is 5.02 Å². The third-order valence-corrected chi connectivity index (χ3v) is 2.88. The van der Waals surface area contributed by atoms with Crippen LogP contribution in [0.2, 0.25) is 5.02 Å². The smallest absolute Gasteiger partial charge is 0.354 e. The van der Waals surface area contributed by atoms with Crippen LogP contribution in [-0.4, -0.2) is 0 Å². The average molecular weight is 297 g/mol. The zero-order chi connectivity index (χ0) is 14.8. The minimum absolute atomic E-state index is 0.0396. The Balaban J connectivity index is 2.28. The molecule has 20 heavy (non-hydrogen) atoms. The molecule has 2 rings (SSSR count). The van der Waals surface area contributed by atoms with Gasteiger partial charge in [0, 0.05) is 5.69 Å². The van der Waals surface area contributed by atoms with E-state index in [0.29, 0.717) is 16.9 Å². The number of nitrogens with one attached hydrogen (secondary N) is 1. The molecule has 2 aromatic carbocycles. The van der Waals surface area contributed by atoms with Gasteiger partial charge in [0.15, 0.2) is 0 Å². The van der Waals surface area contributed by atoms with Crippen LogP contribution in [0.4, 0.5) is 24.5 Å². The molecule has 0 aliphatic heterocycles. The Bertz CT molecular complexity index is 675. The Hall–Kier alpha value is -2.19. The Kier molecular flexibility index (Phi) is 3.86. The van der Waals surface area contributed by atoms with E-state index in [0.717, 1.165) is 12.1 Å². The van der Waals surface area contributed by atoms with Gasteiger partial charge in [-0.15, -0.1) is 0 Å². The summed E-state index contributed by atoms with van der Waals surface area (Å²) < 4.78 is 37.5. The molecule has 2 nitrogen and oxygen atoms in total. The van der Waals surface area contributed by atoms with Gasteiger partial charge >= 0.3 is 6.18 Å². The van der Waals surface area contributed by atoms with Crippen LogP contribution in [0, 0.1) is 11.3 Å². The summed E-state index contributed by atoms with van der Waals surface area (Å²) in [5.74, 6) is 0. The van der Waals surface area contributed by atoms with Crippen molar-refractivity contribution in [3.8, 4) is 6.07 Å². The zero-order valence-electron chi connectivity index (χ0n) is 10.0. The van der Waals surface area contributed by atoms with Gasteiger partial charge in [0.05, 0.1) is 27.9 Å². The van der Waals surface area contributed by atoms with E-state index in [1.54, 1.807) is 24.3 Å². The van der Waals surface area contributed by atoms with Crippen molar-refractivity contribution in [3.63, 3.8) is 0 Å². The molecule has 0 fully saturated rings. The SMILES string of the molecule is N#Cc1cccc(Nc2ccc(C(F)(F)F)cc2Cl)c1. The third-order valence-electron chi connectivity index (χ3n) is 2.57. The summed E-state index contributed by atoms with van der Waals surface area (Å²) in [5, 5.41) is 11.6. The standard InChI is InChI=1S/C14H8ClF3N2/c15-12-7-10(14(16,17)18)4-5-13(12)20-11-3-1-2-9(6-11)8-19/h1-7,20H. The maximum absolute atomic E-state index is 12.5. The average Bonchev–Trinajstić information content (AvgIpc) is 2.40. The Labute approximate surface area is 118 Å². The molecule has 0 saturated heterocycles. The van der Waals surface area contributed by atoms with Crippen LogP contribution in [0.1, 0.15) is 11.1 Å². The highest BCUT2D eigenvalue weighted by Crippen LogP contribution is 2.34. The number of nitrogens with zero attached hydrogens (tertiary/aromatic N) is 1. The lowest BCUT2D eigenvalue weighted by molar-refractivity contribution is -0.137. The predicted octanol–water partition coefficient (Wildman–Crippen LogP) is 4.97. The molecule has 0 spiro atoms. The second-order valence-corrected chi connectivity index (χ2v) is 4.42. The second kappa shape index (κ2) is 5.43. The molecule has 2 aromatic rings. The predicted molar refractivity (Wildman–Crippen MR) is 70.9 cm³/mol. The molecule has 0 amide bonds. The highest BCUT2D eigenvalue weighted by molar-refractivity contribution is 6.33. The number of rotatable bonds is 2. The summed E-state index contributed by atoms with van der Waals surface area (Å²) >= 11 is 5.83. The molecule has 0 saturated carbocycles. The number of anilines is 2. The van der Waals surface area contributed by atoms with Crippen molar-refractivity contribution >= 4 is 23.0 Å². The molecule has 1 N–H and O–H groups in total. The Morgan fingerprint density at radius 1 is 1.10 bits per heavy atom. The Morgan fingerprint density at radius 3 is 2.45 bits per heavy atom. The van der Waals surface area contributed by atoms with Crippen molar-refractivity contribution in [2.24, 2.45) is 0 Å². The molecule has 102 valence electrons. The fraction of sp³-hybridized carbons (Fsp3) is 0.0714. The van der Waals surface area contributed by atoms with E-state index in [4.69, 9.17) is 16.9 Å². The van der Waals surface area contributed by atoms with Crippen LogP contribution in [0.25, 0.3) is 0 Å². The number of benzene rings is 2. The van der Waals surface area contributed by atoms with Gasteiger partial charge in [0.25, 0.3) is 0 Å². The number of halogens is 4. The quantitative estimate of drug-likeness (QED) is 0.849. The molecule has 6 heteroatoms. The summed E-state index contributed by atoms with van der Waals surface area (Å²) in [6.45, 7) is 0. The molecule has 0 radical (unpaired) electrons. The summed E-state index contributed by atoms with van der Waals surface area (Å²) in [6.07, 6.45) is -4.43. The molecule has 0 bridgehead atoms. The van der Waals surface area contributed by atoms with Gasteiger partial charge in [-0.25, -0.2) is 0 Å². The van der Waals surface area contributed by atoms with Gasteiger partial charge < -0.3 is 5.32 Å². The monoisotopic (exact) mass is 296 g/mol. The van der Waals surface area contributed by atoms with Crippen molar-refractivity contribution in [2.45, 2.75) is 6.18 Å². The third kappa shape index (κ3) is 3.22. The van der Waals surface area contributed by atoms with Crippen LogP contribution < -0.4 is 5.32 Å². The van der Waals surface area contributed by atoms with Gasteiger partial charge in [0.1, 0.15) is 0 Å². The summed E-state index contributed by atoms with van der Waals surface area (Å²) in [7, 11) is 0. The van der Waals surface area contributed by atoms with Gasteiger partial charge in [-0.2, -0.15) is 18.4 Å². The van der Waals surface area contributed by atoms with E-state index in [1.807, 2.05) is 6.07 Å². The fourth-order valence-electron chi connectivity index (χ4n) is 1.61. The summed E-state index contributed by atoms with van der Waals surface area (Å²) in [6, 6.07) is 11.6. The summed E-state index contributed by atoms with van der Waals surface area (Å²) in [5.41, 5.74) is 0.553. The lowest BCUT2D eigenvalue weighted by Crippen LogP contribution is -2.05. The zero-order valence-corrected chi connectivity index (χ0v) is 10.8. The number of nitriles is 1. The maximum atomic E-state index is 12.5. The van der Waals surface area contributed by atoms with Crippen LogP contribution in [0.15, 0.2) is 42.5 Å². The first-order valence-electron chi connectivity index (χ1n) is 5.54. The van der Waals surface area contributed by atoms with E-state index < -0.39 is 11.7 Å².